The van der Waals surface area contributed by atoms with Gasteiger partial charge in [-0.25, -0.2) is 0 Å². The van der Waals surface area contributed by atoms with Crippen molar-refractivity contribution >= 4 is 17.7 Å². The Balaban J connectivity index is 1.84. The lowest BCUT2D eigenvalue weighted by Gasteiger charge is -2.34. The number of aromatic nitrogens is 3. The first kappa shape index (κ1) is 15.3. The van der Waals surface area contributed by atoms with Gasteiger partial charge in [0.2, 0.25) is 5.91 Å². The van der Waals surface area contributed by atoms with Gasteiger partial charge < -0.3 is 10.6 Å². The molecule has 0 spiro atoms. The third-order valence-corrected chi connectivity index (χ3v) is 4.34. The largest absolute Gasteiger partial charge is 0.341 e. The van der Waals surface area contributed by atoms with Gasteiger partial charge in [0.15, 0.2) is 0 Å². The topological polar surface area (TPSA) is 77.0 Å². The van der Waals surface area contributed by atoms with Crippen LogP contribution in [0.5, 0.6) is 0 Å². The van der Waals surface area contributed by atoms with E-state index in [1.54, 1.807) is 18.0 Å². The average Bonchev–Trinajstić information content (AvgIpc) is 2.97. The fourth-order valence-corrected chi connectivity index (χ4v) is 3.10. The molecule has 6 nitrogen and oxygen atoms in total. The Hall–Kier alpha value is -1.08. The molecule has 112 valence electrons. The third-order valence-electron chi connectivity index (χ3n) is 3.70. The molecule has 20 heavy (non-hydrogen) atoms. The second kappa shape index (κ2) is 7.64. The number of carbonyl (C=O) groups is 1. The first-order valence-corrected chi connectivity index (χ1v) is 8.47. The standard InChI is InChI=1S/C13H23N5OS/c1-20-8-4-12(14)13(19)17-6-2-3-11(9-17)10-18-7-5-15-16-18/h5,7,11-12H,2-4,6,8-10,14H2,1H3/t11?,12-/m0/s1. The molecule has 0 bridgehead atoms. The minimum Gasteiger partial charge on any atom is -0.341 e. The monoisotopic (exact) mass is 297 g/mol. The predicted molar refractivity (Wildman–Crippen MR) is 80.3 cm³/mol. The van der Waals surface area contributed by atoms with Crippen LogP contribution in [-0.4, -0.2) is 56.9 Å². The van der Waals surface area contributed by atoms with E-state index in [0.29, 0.717) is 5.92 Å². The van der Waals surface area contributed by atoms with Crippen molar-refractivity contribution in [2.45, 2.75) is 31.8 Å². The van der Waals surface area contributed by atoms with Gasteiger partial charge in [-0.2, -0.15) is 11.8 Å². The molecule has 0 saturated carbocycles. The predicted octanol–water partition coefficient (Wildman–Crippen LogP) is 0.597. The number of thioether (sulfide) groups is 1. The molecular formula is C13H23N5OS. The summed E-state index contributed by atoms with van der Waals surface area (Å²) in [4.78, 5) is 14.2. The van der Waals surface area contributed by atoms with Gasteiger partial charge in [0, 0.05) is 25.8 Å². The Morgan fingerprint density at radius 2 is 2.45 bits per heavy atom. The number of carbonyl (C=O) groups excluding carboxylic acids is 1. The van der Waals surface area contributed by atoms with Crippen LogP contribution in [0.1, 0.15) is 19.3 Å². The zero-order valence-electron chi connectivity index (χ0n) is 11.9. The highest BCUT2D eigenvalue weighted by Gasteiger charge is 2.27. The van der Waals surface area contributed by atoms with E-state index in [1.807, 2.05) is 22.0 Å². The maximum atomic E-state index is 12.3. The Bertz CT molecular complexity index is 411. The molecule has 2 N–H and O–H groups in total. The number of hydrogen-bond acceptors (Lipinski definition) is 5. The molecule has 0 aliphatic carbocycles. The second-order valence-corrected chi connectivity index (χ2v) is 6.29. The van der Waals surface area contributed by atoms with Gasteiger partial charge in [-0.15, -0.1) is 5.10 Å². The van der Waals surface area contributed by atoms with Crippen molar-refractivity contribution in [2.24, 2.45) is 11.7 Å². The second-order valence-electron chi connectivity index (χ2n) is 5.31. The number of hydrogen-bond donors (Lipinski definition) is 1. The molecule has 1 unspecified atom stereocenters. The van der Waals surface area contributed by atoms with Gasteiger partial charge in [0.05, 0.1) is 12.2 Å². The highest BCUT2D eigenvalue weighted by atomic mass is 32.2. The van der Waals surface area contributed by atoms with E-state index >= 15 is 0 Å². The van der Waals surface area contributed by atoms with Gasteiger partial charge in [0.1, 0.15) is 0 Å². The first-order valence-electron chi connectivity index (χ1n) is 7.08. The minimum atomic E-state index is -0.354. The lowest BCUT2D eigenvalue weighted by atomic mass is 9.97. The molecular weight excluding hydrogens is 274 g/mol. The van der Waals surface area contributed by atoms with Crippen molar-refractivity contribution in [1.29, 1.82) is 0 Å². The van der Waals surface area contributed by atoms with Gasteiger partial charge in [-0.1, -0.05) is 5.21 Å². The molecule has 1 aromatic rings. The van der Waals surface area contributed by atoms with Crippen molar-refractivity contribution in [1.82, 2.24) is 19.9 Å². The summed E-state index contributed by atoms with van der Waals surface area (Å²) in [5.74, 6) is 1.48. The van der Waals surface area contributed by atoms with E-state index in [9.17, 15) is 4.79 Å². The lowest BCUT2D eigenvalue weighted by molar-refractivity contribution is -0.134. The van der Waals surface area contributed by atoms with E-state index in [1.165, 1.54) is 0 Å². The fourth-order valence-electron chi connectivity index (χ4n) is 2.61. The molecule has 0 radical (unpaired) electrons. The third kappa shape index (κ3) is 4.21. The summed E-state index contributed by atoms with van der Waals surface area (Å²) in [6.07, 6.45) is 8.51. The number of nitrogens with zero attached hydrogens (tertiary/aromatic N) is 4. The molecule has 1 aromatic heterocycles. The summed E-state index contributed by atoms with van der Waals surface area (Å²) in [6.45, 7) is 2.44. The van der Waals surface area contributed by atoms with Crippen LogP contribution < -0.4 is 5.73 Å². The molecule has 7 heteroatoms. The van der Waals surface area contributed by atoms with Crippen molar-refractivity contribution in [3.63, 3.8) is 0 Å². The molecule has 1 amide bonds. The van der Waals surface area contributed by atoms with Crippen LogP contribution in [0.2, 0.25) is 0 Å². The van der Waals surface area contributed by atoms with Crippen LogP contribution >= 0.6 is 11.8 Å². The van der Waals surface area contributed by atoms with Crippen molar-refractivity contribution < 1.29 is 4.79 Å². The smallest absolute Gasteiger partial charge is 0.239 e. The Kier molecular flexibility index (Phi) is 5.85. The fraction of sp³-hybridized carbons (Fsp3) is 0.769. The highest BCUT2D eigenvalue weighted by molar-refractivity contribution is 7.98. The van der Waals surface area contributed by atoms with Crippen molar-refractivity contribution in [3.05, 3.63) is 12.4 Å². The molecule has 2 heterocycles. The van der Waals surface area contributed by atoms with E-state index in [2.05, 4.69) is 10.3 Å². The maximum Gasteiger partial charge on any atom is 0.239 e. The molecule has 1 saturated heterocycles. The quantitative estimate of drug-likeness (QED) is 0.832. The summed E-state index contributed by atoms with van der Waals surface area (Å²) in [6, 6.07) is -0.354. The number of likely N-dealkylation sites (tertiary alicyclic amines) is 1. The van der Waals surface area contributed by atoms with Gasteiger partial charge in [0.25, 0.3) is 0 Å². The number of piperidine rings is 1. The van der Waals surface area contributed by atoms with E-state index < -0.39 is 0 Å². The van der Waals surface area contributed by atoms with Crippen molar-refractivity contribution in [3.8, 4) is 0 Å². The minimum absolute atomic E-state index is 0.0994. The number of amides is 1. The van der Waals surface area contributed by atoms with Crippen LogP contribution in [0.3, 0.4) is 0 Å². The van der Waals surface area contributed by atoms with Crippen LogP contribution in [0.4, 0.5) is 0 Å². The maximum absolute atomic E-state index is 12.3. The summed E-state index contributed by atoms with van der Waals surface area (Å²) in [7, 11) is 0. The van der Waals surface area contributed by atoms with Crippen LogP contribution in [0, 0.1) is 5.92 Å². The van der Waals surface area contributed by atoms with Gasteiger partial charge in [-0.05, 0) is 37.2 Å². The van der Waals surface area contributed by atoms with E-state index in [0.717, 1.165) is 44.6 Å². The Morgan fingerprint density at radius 3 is 3.15 bits per heavy atom. The van der Waals surface area contributed by atoms with Crippen LogP contribution in [-0.2, 0) is 11.3 Å². The zero-order chi connectivity index (χ0) is 14.4. The molecule has 1 aliphatic heterocycles. The summed E-state index contributed by atoms with van der Waals surface area (Å²) >= 11 is 1.73. The molecule has 1 fully saturated rings. The van der Waals surface area contributed by atoms with Crippen molar-refractivity contribution in [2.75, 3.05) is 25.1 Å². The SMILES string of the molecule is CSCC[C@H](N)C(=O)N1CCCC(Cn2ccnn2)C1. The molecule has 1 aliphatic rings. The summed E-state index contributed by atoms with van der Waals surface area (Å²) < 4.78 is 1.84. The zero-order valence-corrected chi connectivity index (χ0v) is 12.8. The Labute approximate surface area is 124 Å². The van der Waals surface area contributed by atoms with Crippen LogP contribution in [0.15, 0.2) is 12.4 Å². The van der Waals surface area contributed by atoms with E-state index in [4.69, 9.17) is 5.73 Å². The highest BCUT2D eigenvalue weighted by Crippen LogP contribution is 2.19. The summed E-state index contributed by atoms with van der Waals surface area (Å²) in [5, 5.41) is 7.81. The Morgan fingerprint density at radius 1 is 1.60 bits per heavy atom. The summed E-state index contributed by atoms with van der Waals surface area (Å²) in [5.41, 5.74) is 5.98. The first-order chi connectivity index (χ1) is 9.70. The van der Waals surface area contributed by atoms with E-state index in [-0.39, 0.29) is 11.9 Å². The van der Waals surface area contributed by atoms with Crippen LogP contribution in [0.25, 0.3) is 0 Å². The molecule has 2 atom stereocenters. The number of nitrogens with two attached hydrogens (primary N) is 1. The average molecular weight is 297 g/mol. The van der Waals surface area contributed by atoms with Gasteiger partial charge >= 0.3 is 0 Å². The lowest BCUT2D eigenvalue weighted by Crippen LogP contribution is -2.48. The van der Waals surface area contributed by atoms with Gasteiger partial charge in [-0.3, -0.25) is 9.48 Å². The molecule has 2 rings (SSSR count). The number of rotatable bonds is 6. The normalized spacial score (nSPS) is 20.9. The molecule has 0 aromatic carbocycles.